The van der Waals surface area contributed by atoms with Crippen LogP contribution in [0.1, 0.15) is 19.3 Å². The average molecular weight is 198 g/mol. The van der Waals surface area contributed by atoms with Gasteiger partial charge in [0.05, 0.1) is 0 Å². The van der Waals surface area contributed by atoms with Crippen LogP contribution in [0.2, 0.25) is 0 Å². The minimum Gasteiger partial charge on any atom is -0.546 e. The first kappa shape index (κ1) is 9.61. The summed E-state index contributed by atoms with van der Waals surface area (Å²) in [5, 5.41) is 9.46. The molecule has 2 N–H and O–H groups in total. The first-order chi connectivity index (χ1) is 6.77. The number of rotatable bonds is 2. The molecule has 0 radical (unpaired) electrons. The number of piperidine rings is 1. The summed E-state index contributed by atoms with van der Waals surface area (Å²) in [6.45, 7) is 4.08. The quantitative estimate of drug-likeness (QED) is 0.530. The Bertz CT molecular complexity index is 236. The molecule has 2 aliphatic rings. The molecule has 2 heterocycles. The minimum atomic E-state index is -0.342. The highest BCUT2D eigenvalue weighted by atomic mass is 16.5. The standard InChI is InChI=1S/C9H16N3O2/c10-12-7-14-8(9(12)13)6-11-4-2-1-3-5-11/h7-8,10,13H,1-6H2/q-1. The van der Waals surface area contributed by atoms with E-state index in [4.69, 9.17) is 10.6 Å². The zero-order chi connectivity index (χ0) is 9.97. The van der Waals surface area contributed by atoms with E-state index in [1.165, 1.54) is 26.0 Å². The topological polar surface area (TPSA) is 59.5 Å². The van der Waals surface area contributed by atoms with Crippen LogP contribution in [-0.4, -0.2) is 46.3 Å². The largest absolute Gasteiger partial charge is 0.546 e. The van der Waals surface area contributed by atoms with Gasteiger partial charge in [-0.1, -0.05) is 6.42 Å². The average Bonchev–Trinajstić information content (AvgIpc) is 2.52. The number of ether oxygens (including phenoxy) is 1. The molecule has 5 heteroatoms. The van der Waals surface area contributed by atoms with Gasteiger partial charge in [0.1, 0.15) is 12.8 Å². The molecular formula is C9H16N3O2-. The van der Waals surface area contributed by atoms with Crippen molar-refractivity contribution >= 4 is 5.90 Å². The third-order valence-electron chi connectivity index (χ3n) is 2.74. The Balaban J connectivity index is 1.85. The molecule has 1 unspecified atom stereocenters. The highest BCUT2D eigenvalue weighted by molar-refractivity contribution is 5.75. The van der Waals surface area contributed by atoms with Crippen molar-refractivity contribution in [1.82, 2.24) is 4.90 Å². The van der Waals surface area contributed by atoms with Gasteiger partial charge in [0, 0.05) is 6.54 Å². The number of nitrogens with one attached hydrogen (secondary N) is 1. The predicted molar refractivity (Wildman–Crippen MR) is 51.7 cm³/mol. The molecule has 0 bridgehead atoms. The van der Waals surface area contributed by atoms with Crippen molar-refractivity contribution in [3.8, 4) is 0 Å². The van der Waals surface area contributed by atoms with Gasteiger partial charge < -0.3 is 25.3 Å². The van der Waals surface area contributed by atoms with Crippen LogP contribution >= 0.6 is 0 Å². The van der Waals surface area contributed by atoms with E-state index in [9.17, 15) is 5.11 Å². The third-order valence-corrected chi connectivity index (χ3v) is 2.74. The number of aliphatic hydroxyl groups is 1. The van der Waals surface area contributed by atoms with E-state index in [0.717, 1.165) is 17.8 Å². The Hall–Kier alpha value is -0.940. The Morgan fingerprint density at radius 1 is 1.50 bits per heavy atom. The fourth-order valence-corrected chi connectivity index (χ4v) is 1.91. The second-order valence-corrected chi connectivity index (χ2v) is 3.82. The van der Waals surface area contributed by atoms with Crippen molar-refractivity contribution in [1.29, 1.82) is 0 Å². The van der Waals surface area contributed by atoms with Gasteiger partial charge in [0.15, 0.2) is 0 Å². The van der Waals surface area contributed by atoms with Crippen molar-refractivity contribution in [2.24, 2.45) is 0 Å². The molecule has 5 nitrogen and oxygen atoms in total. The van der Waals surface area contributed by atoms with Gasteiger partial charge >= 0.3 is 0 Å². The lowest BCUT2D eigenvalue weighted by Crippen LogP contribution is -2.39. The molecule has 0 amide bonds. The van der Waals surface area contributed by atoms with Crippen LogP contribution in [0.3, 0.4) is 0 Å². The summed E-state index contributed by atoms with van der Waals surface area (Å²) in [6, 6.07) is 0. The lowest BCUT2D eigenvalue weighted by Gasteiger charge is -2.28. The summed E-state index contributed by atoms with van der Waals surface area (Å²) >= 11 is 0. The summed E-state index contributed by atoms with van der Waals surface area (Å²) in [5.74, 6) is 7.23. The molecule has 0 aliphatic carbocycles. The monoisotopic (exact) mass is 198 g/mol. The maximum atomic E-state index is 9.46. The minimum absolute atomic E-state index is 0.00410. The second kappa shape index (κ2) is 4.06. The van der Waals surface area contributed by atoms with Crippen LogP contribution in [0.15, 0.2) is 0 Å². The number of likely N-dealkylation sites (tertiary alicyclic amines) is 1. The molecule has 2 aliphatic heterocycles. The van der Waals surface area contributed by atoms with Crippen molar-refractivity contribution < 1.29 is 14.5 Å². The lowest BCUT2D eigenvalue weighted by atomic mass is 10.1. The highest BCUT2D eigenvalue weighted by Gasteiger charge is 2.24. The Kier molecular flexibility index (Phi) is 2.79. The normalized spacial score (nSPS) is 29.3. The molecule has 1 saturated heterocycles. The van der Waals surface area contributed by atoms with E-state index >= 15 is 0 Å². The molecule has 2 rings (SSSR count). The van der Waals surface area contributed by atoms with E-state index in [-0.39, 0.29) is 12.0 Å². The van der Waals surface area contributed by atoms with Crippen LogP contribution in [0.4, 0.5) is 0 Å². The molecule has 1 atom stereocenters. The van der Waals surface area contributed by atoms with Crippen molar-refractivity contribution in [3.05, 3.63) is 12.6 Å². The molecule has 0 aromatic rings. The van der Waals surface area contributed by atoms with Crippen LogP contribution in [0, 0.1) is 6.73 Å². The van der Waals surface area contributed by atoms with Gasteiger partial charge in [-0.15, -0.1) is 0 Å². The number of hydrogen-bond donors (Lipinski definition) is 1. The zero-order valence-corrected chi connectivity index (χ0v) is 8.15. The van der Waals surface area contributed by atoms with Crippen LogP contribution < -0.4 is 0 Å². The lowest BCUT2D eigenvalue weighted by molar-refractivity contribution is -0.442. The molecule has 0 spiro atoms. The first-order valence-corrected chi connectivity index (χ1v) is 5.05. The summed E-state index contributed by atoms with van der Waals surface area (Å²) in [5.41, 5.74) is 0. The number of hydrogen-bond acceptors (Lipinski definition) is 2. The molecule has 0 aromatic heterocycles. The Morgan fingerprint density at radius 2 is 2.21 bits per heavy atom. The van der Waals surface area contributed by atoms with Crippen molar-refractivity contribution in [2.45, 2.75) is 25.4 Å². The van der Waals surface area contributed by atoms with E-state index in [1.54, 1.807) is 0 Å². The van der Waals surface area contributed by atoms with Crippen LogP contribution in [0.5, 0.6) is 0 Å². The summed E-state index contributed by atoms with van der Waals surface area (Å²) in [6.07, 6.45) is 3.41. The molecule has 14 heavy (non-hydrogen) atoms. The maximum absolute atomic E-state index is 9.46. The van der Waals surface area contributed by atoms with Gasteiger partial charge in [0.25, 0.3) is 0 Å². The van der Waals surface area contributed by atoms with Gasteiger partial charge in [-0.25, -0.2) is 0 Å². The summed E-state index contributed by atoms with van der Waals surface area (Å²) < 4.78 is 6.05. The maximum Gasteiger partial charge on any atom is 0.216 e. The SMILES string of the molecule is [NH-][N+]1=C(O)C(CN2CCCCC2)O[CH-]1. The second-order valence-electron chi connectivity index (χ2n) is 3.82. The fraction of sp³-hybridized carbons (Fsp3) is 0.778. The van der Waals surface area contributed by atoms with E-state index in [0.29, 0.717) is 6.54 Å². The fourth-order valence-electron chi connectivity index (χ4n) is 1.91. The van der Waals surface area contributed by atoms with Crippen LogP contribution in [0.25, 0.3) is 5.84 Å². The van der Waals surface area contributed by atoms with Crippen LogP contribution in [-0.2, 0) is 4.74 Å². The number of nitrogens with zero attached hydrogens (tertiary/aromatic N) is 2. The van der Waals surface area contributed by atoms with E-state index in [2.05, 4.69) is 4.90 Å². The van der Waals surface area contributed by atoms with Gasteiger partial charge in [0.2, 0.25) is 5.90 Å². The van der Waals surface area contributed by atoms with E-state index in [1.807, 2.05) is 0 Å². The Morgan fingerprint density at radius 3 is 2.79 bits per heavy atom. The molecule has 0 saturated carbocycles. The molecule has 1 fully saturated rings. The predicted octanol–water partition coefficient (Wildman–Crippen LogP) is 0.927. The Labute approximate surface area is 83.7 Å². The molecule has 0 aromatic carbocycles. The third kappa shape index (κ3) is 1.93. The smallest absolute Gasteiger partial charge is 0.216 e. The molecular weight excluding hydrogens is 182 g/mol. The molecule has 80 valence electrons. The summed E-state index contributed by atoms with van der Waals surface area (Å²) in [4.78, 5) is 2.28. The van der Waals surface area contributed by atoms with Crippen molar-refractivity contribution in [2.75, 3.05) is 19.6 Å². The van der Waals surface area contributed by atoms with E-state index < -0.39 is 0 Å². The first-order valence-electron chi connectivity index (χ1n) is 5.05. The van der Waals surface area contributed by atoms with Gasteiger partial charge in [-0.05, 0) is 25.9 Å². The van der Waals surface area contributed by atoms with Gasteiger partial charge in [-0.3, -0.25) is 0 Å². The van der Waals surface area contributed by atoms with Gasteiger partial charge in [-0.2, -0.15) is 0 Å². The van der Waals surface area contributed by atoms with Crippen molar-refractivity contribution in [3.63, 3.8) is 0 Å². The number of aliphatic hydroxyl groups excluding tert-OH is 1. The zero-order valence-electron chi connectivity index (χ0n) is 8.15. The highest BCUT2D eigenvalue weighted by Crippen LogP contribution is 2.13. The summed E-state index contributed by atoms with van der Waals surface area (Å²) in [7, 11) is 0.